The van der Waals surface area contributed by atoms with Crippen LogP contribution in [-0.2, 0) is 6.18 Å². The van der Waals surface area contributed by atoms with Crippen LogP contribution < -0.4 is 10.1 Å². The third-order valence-corrected chi connectivity index (χ3v) is 4.63. The number of hydrogen-bond donors (Lipinski definition) is 1. The van der Waals surface area contributed by atoms with E-state index in [0.29, 0.717) is 11.8 Å². The molecule has 118 valence electrons. The van der Waals surface area contributed by atoms with Crippen molar-refractivity contribution in [1.29, 1.82) is 0 Å². The van der Waals surface area contributed by atoms with Gasteiger partial charge in [-0.25, -0.2) is 0 Å². The van der Waals surface area contributed by atoms with Gasteiger partial charge in [0.1, 0.15) is 11.9 Å². The van der Waals surface area contributed by atoms with Gasteiger partial charge >= 0.3 is 6.18 Å². The van der Waals surface area contributed by atoms with Crippen molar-refractivity contribution in [2.75, 3.05) is 6.54 Å². The number of ether oxygens (including phenoxy) is 1. The van der Waals surface area contributed by atoms with Gasteiger partial charge in [0.15, 0.2) is 0 Å². The van der Waals surface area contributed by atoms with Gasteiger partial charge in [-0.2, -0.15) is 13.2 Å². The van der Waals surface area contributed by atoms with Crippen LogP contribution in [0.3, 0.4) is 0 Å². The first-order valence-corrected chi connectivity index (χ1v) is 7.38. The summed E-state index contributed by atoms with van der Waals surface area (Å²) >= 11 is 0. The van der Waals surface area contributed by atoms with E-state index in [0.717, 1.165) is 31.5 Å². The lowest BCUT2D eigenvalue weighted by molar-refractivity contribution is -0.137. The lowest BCUT2D eigenvalue weighted by Gasteiger charge is -2.53. The van der Waals surface area contributed by atoms with Crippen molar-refractivity contribution in [3.05, 3.63) is 29.8 Å². The number of rotatable bonds is 5. The van der Waals surface area contributed by atoms with E-state index >= 15 is 0 Å². The average Bonchev–Trinajstić information content (AvgIpc) is 2.44. The smallest absolute Gasteiger partial charge is 0.416 e. The summed E-state index contributed by atoms with van der Waals surface area (Å²) in [6, 6.07) is 5.49. The van der Waals surface area contributed by atoms with Gasteiger partial charge in [0.25, 0.3) is 0 Å². The highest BCUT2D eigenvalue weighted by atomic mass is 19.4. The maximum Gasteiger partial charge on any atom is 0.416 e. The van der Waals surface area contributed by atoms with E-state index in [1.54, 1.807) is 6.07 Å². The molecule has 1 aromatic rings. The second kappa shape index (κ2) is 5.87. The Hall–Kier alpha value is -1.23. The minimum Gasteiger partial charge on any atom is -0.490 e. The predicted molar refractivity (Wildman–Crippen MR) is 76.3 cm³/mol. The van der Waals surface area contributed by atoms with E-state index < -0.39 is 11.7 Å². The highest BCUT2D eigenvalue weighted by molar-refractivity contribution is 5.31. The largest absolute Gasteiger partial charge is 0.490 e. The maximum absolute atomic E-state index is 12.7. The molecule has 3 unspecified atom stereocenters. The fourth-order valence-electron chi connectivity index (χ4n) is 2.95. The molecule has 0 spiro atoms. The van der Waals surface area contributed by atoms with Crippen LogP contribution in [0.25, 0.3) is 0 Å². The van der Waals surface area contributed by atoms with Crippen molar-refractivity contribution < 1.29 is 17.9 Å². The molecular weight excluding hydrogens is 279 g/mol. The standard InChI is InChI=1S/C16H22F3NO/c1-4-15(3)13(20-5-2)10-14(15)21-12-8-6-7-11(9-12)16(17,18)19/h6-9,13-14,20H,4-5,10H2,1-3H3. The molecule has 21 heavy (non-hydrogen) atoms. The summed E-state index contributed by atoms with van der Waals surface area (Å²) < 4.78 is 44.0. The molecule has 0 saturated heterocycles. The van der Waals surface area contributed by atoms with Crippen LogP contribution >= 0.6 is 0 Å². The second-order valence-corrected chi connectivity index (χ2v) is 5.84. The Bertz CT molecular complexity index is 489. The molecule has 0 amide bonds. The normalized spacial score (nSPS) is 29.0. The SMILES string of the molecule is CCNC1CC(Oc2cccc(C(F)(F)F)c2)C1(C)CC. The van der Waals surface area contributed by atoms with Gasteiger partial charge < -0.3 is 10.1 Å². The van der Waals surface area contributed by atoms with Crippen LogP contribution in [0.1, 0.15) is 39.2 Å². The zero-order chi connectivity index (χ0) is 15.7. The minimum absolute atomic E-state index is 0.0375. The van der Waals surface area contributed by atoms with E-state index in [9.17, 15) is 13.2 Å². The van der Waals surface area contributed by atoms with Gasteiger partial charge in [-0.05, 0) is 31.2 Å². The van der Waals surface area contributed by atoms with Crippen molar-refractivity contribution in [1.82, 2.24) is 5.32 Å². The summed E-state index contributed by atoms with van der Waals surface area (Å²) in [6.07, 6.45) is -2.63. The molecule has 0 bridgehead atoms. The first-order valence-electron chi connectivity index (χ1n) is 7.38. The minimum atomic E-state index is -4.33. The Kier molecular flexibility index (Phi) is 4.51. The lowest BCUT2D eigenvalue weighted by atomic mass is 9.61. The Morgan fingerprint density at radius 3 is 2.62 bits per heavy atom. The van der Waals surface area contributed by atoms with E-state index in [1.807, 2.05) is 0 Å². The summed E-state index contributed by atoms with van der Waals surface area (Å²) in [5.41, 5.74) is -0.703. The van der Waals surface area contributed by atoms with Crippen LogP contribution in [0.4, 0.5) is 13.2 Å². The van der Waals surface area contributed by atoms with E-state index in [-0.39, 0.29) is 11.5 Å². The number of halogens is 3. The molecule has 1 aromatic carbocycles. The van der Waals surface area contributed by atoms with Crippen molar-refractivity contribution in [2.24, 2.45) is 5.41 Å². The Labute approximate surface area is 123 Å². The first-order chi connectivity index (χ1) is 9.81. The van der Waals surface area contributed by atoms with Crippen LogP contribution in [0.5, 0.6) is 5.75 Å². The number of benzene rings is 1. The molecule has 0 radical (unpaired) electrons. The summed E-state index contributed by atoms with van der Waals surface area (Å²) in [7, 11) is 0. The van der Waals surface area contributed by atoms with Gasteiger partial charge in [-0.3, -0.25) is 0 Å². The summed E-state index contributed by atoms with van der Waals surface area (Å²) in [5.74, 6) is 0.296. The van der Waals surface area contributed by atoms with Crippen molar-refractivity contribution in [3.63, 3.8) is 0 Å². The zero-order valence-electron chi connectivity index (χ0n) is 12.6. The Morgan fingerprint density at radius 2 is 2.05 bits per heavy atom. The van der Waals surface area contributed by atoms with Crippen molar-refractivity contribution in [3.8, 4) is 5.75 Å². The highest BCUT2D eigenvalue weighted by Gasteiger charge is 2.51. The van der Waals surface area contributed by atoms with Crippen LogP contribution in [0.15, 0.2) is 24.3 Å². The number of nitrogens with one attached hydrogen (secondary N) is 1. The van der Waals surface area contributed by atoms with E-state index in [1.165, 1.54) is 6.07 Å². The molecule has 1 N–H and O–H groups in total. The molecule has 1 fully saturated rings. The monoisotopic (exact) mass is 301 g/mol. The van der Waals surface area contributed by atoms with E-state index in [2.05, 4.69) is 26.1 Å². The molecule has 1 aliphatic carbocycles. The zero-order valence-corrected chi connectivity index (χ0v) is 12.6. The third-order valence-electron chi connectivity index (χ3n) is 4.63. The highest BCUT2D eigenvalue weighted by Crippen LogP contribution is 2.46. The average molecular weight is 301 g/mol. The van der Waals surface area contributed by atoms with Crippen molar-refractivity contribution >= 4 is 0 Å². The topological polar surface area (TPSA) is 21.3 Å². The van der Waals surface area contributed by atoms with Crippen LogP contribution in [0, 0.1) is 5.41 Å². The van der Waals surface area contributed by atoms with Crippen molar-refractivity contribution in [2.45, 2.75) is 51.9 Å². The van der Waals surface area contributed by atoms with Gasteiger partial charge in [-0.15, -0.1) is 0 Å². The molecule has 1 aliphatic rings. The van der Waals surface area contributed by atoms with Crippen LogP contribution in [0.2, 0.25) is 0 Å². The number of alkyl halides is 3. The number of hydrogen-bond acceptors (Lipinski definition) is 2. The molecule has 0 aliphatic heterocycles. The predicted octanol–water partition coefficient (Wildman–Crippen LogP) is 4.25. The molecule has 0 heterocycles. The molecular formula is C16H22F3NO. The molecule has 5 heteroatoms. The van der Waals surface area contributed by atoms with E-state index in [4.69, 9.17) is 4.74 Å². The van der Waals surface area contributed by atoms with Gasteiger partial charge in [0.2, 0.25) is 0 Å². The summed E-state index contributed by atoms with van der Waals surface area (Å²) in [4.78, 5) is 0. The lowest BCUT2D eigenvalue weighted by Crippen LogP contribution is -2.63. The molecule has 2 nitrogen and oxygen atoms in total. The van der Waals surface area contributed by atoms with Gasteiger partial charge in [0.05, 0.1) is 5.56 Å². The van der Waals surface area contributed by atoms with Gasteiger partial charge in [-0.1, -0.05) is 26.8 Å². The fraction of sp³-hybridized carbons (Fsp3) is 0.625. The Balaban J connectivity index is 2.09. The molecule has 1 saturated carbocycles. The molecule has 0 aromatic heterocycles. The van der Waals surface area contributed by atoms with Gasteiger partial charge in [0, 0.05) is 17.9 Å². The fourth-order valence-corrected chi connectivity index (χ4v) is 2.95. The summed E-state index contributed by atoms with van der Waals surface area (Å²) in [6.45, 7) is 7.15. The Morgan fingerprint density at radius 1 is 1.33 bits per heavy atom. The quantitative estimate of drug-likeness (QED) is 0.878. The first kappa shape index (κ1) is 16.1. The maximum atomic E-state index is 12.7. The summed E-state index contributed by atoms with van der Waals surface area (Å²) in [5, 5.41) is 3.41. The second-order valence-electron chi connectivity index (χ2n) is 5.84. The molecule has 3 atom stereocenters. The van der Waals surface area contributed by atoms with Crippen LogP contribution in [-0.4, -0.2) is 18.7 Å². The molecule has 2 rings (SSSR count). The third kappa shape index (κ3) is 3.18.